The third kappa shape index (κ3) is 3.03. The number of nitrogens with zero attached hydrogens (tertiary/aromatic N) is 1. The molecule has 0 spiro atoms. The Balaban J connectivity index is 1.49. The number of carbonyl (C=O) groups is 1. The molecular weight excluding hydrogens is 336 g/mol. The first-order valence-electron chi connectivity index (χ1n) is 8.41. The lowest BCUT2D eigenvalue weighted by atomic mass is 10.1. The summed E-state index contributed by atoms with van der Waals surface area (Å²) >= 11 is 0. The number of rotatable bonds is 4. The van der Waals surface area contributed by atoms with Crippen LogP contribution in [0.1, 0.15) is 17.3 Å². The summed E-state index contributed by atoms with van der Waals surface area (Å²) in [6.07, 6.45) is 0. The molecule has 0 fully saturated rings. The summed E-state index contributed by atoms with van der Waals surface area (Å²) in [6.45, 7) is 3.12. The fraction of sp³-hybridized carbons (Fsp3) is 0.263. The SMILES string of the molecule is C[C@@H](Cn1c(=O)oc2ccccc21)NC(=O)c1ccc2c(c1)OCCO2. The molecule has 7 heteroatoms. The van der Waals surface area contributed by atoms with Crippen LogP contribution in [0.15, 0.2) is 51.7 Å². The van der Waals surface area contributed by atoms with Crippen LogP contribution in [0.2, 0.25) is 0 Å². The summed E-state index contributed by atoms with van der Waals surface area (Å²) < 4.78 is 17.7. The number of aromatic nitrogens is 1. The van der Waals surface area contributed by atoms with Crippen molar-refractivity contribution < 1.29 is 18.7 Å². The monoisotopic (exact) mass is 354 g/mol. The van der Waals surface area contributed by atoms with E-state index in [9.17, 15) is 9.59 Å². The first-order chi connectivity index (χ1) is 12.6. The average Bonchev–Trinajstić information content (AvgIpc) is 2.96. The van der Waals surface area contributed by atoms with Gasteiger partial charge in [-0.05, 0) is 37.3 Å². The zero-order valence-corrected chi connectivity index (χ0v) is 14.2. The lowest BCUT2D eigenvalue weighted by molar-refractivity contribution is 0.0935. The Hall–Kier alpha value is -3.22. The highest BCUT2D eigenvalue weighted by Gasteiger charge is 2.17. The van der Waals surface area contributed by atoms with Gasteiger partial charge in [-0.2, -0.15) is 0 Å². The summed E-state index contributed by atoms with van der Waals surface area (Å²) in [5, 5.41) is 2.90. The summed E-state index contributed by atoms with van der Waals surface area (Å²) in [6, 6.07) is 12.0. The van der Waals surface area contributed by atoms with E-state index in [1.807, 2.05) is 25.1 Å². The molecule has 0 unspecified atom stereocenters. The molecule has 0 saturated carbocycles. The number of carbonyl (C=O) groups excluding carboxylic acids is 1. The molecule has 0 aliphatic carbocycles. The van der Waals surface area contributed by atoms with Gasteiger partial charge in [0.1, 0.15) is 13.2 Å². The lowest BCUT2D eigenvalue weighted by Crippen LogP contribution is -2.37. The lowest BCUT2D eigenvalue weighted by Gasteiger charge is -2.19. The minimum Gasteiger partial charge on any atom is -0.486 e. The fourth-order valence-electron chi connectivity index (χ4n) is 3.00. The number of fused-ring (bicyclic) bond motifs is 2. The second-order valence-corrected chi connectivity index (χ2v) is 6.18. The van der Waals surface area contributed by atoms with Crippen LogP contribution in [-0.4, -0.2) is 29.7 Å². The smallest absolute Gasteiger partial charge is 0.420 e. The van der Waals surface area contributed by atoms with Gasteiger partial charge >= 0.3 is 5.76 Å². The maximum absolute atomic E-state index is 12.5. The van der Waals surface area contributed by atoms with Crippen molar-refractivity contribution in [1.29, 1.82) is 0 Å². The topological polar surface area (TPSA) is 82.7 Å². The molecular formula is C19H18N2O5. The molecule has 134 valence electrons. The van der Waals surface area contributed by atoms with Gasteiger partial charge < -0.3 is 19.2 Å². The molecule has 2 heterocycles. The Labute approximate surface area is 149 Å². The van der Waals surface area contributed by atoms with Crippen LogP contribution in [0, 0.1) is 0 Å². The first kappa shape index (κ1) is 16.3. The van der Waals surface area contributed by atoms with Crippen molar-refractivity contribution in [1.82, 2.24) is 9.88 Å². The zero-order valence-electron chi connectivity index (χ0n) is 14.2. The van der Waals surface area contributed by atoms with Crippen molar-refractivity contribution in [3.05, 3.63) is 58.6 Å². The maximum Gasteiger partial charge on any atom is 0.420 e. The molecule has 3 aromatic rings. The van der Waals surface area contributed by atoms with Crippen molar-refractivity contribution >= 4 is 17.0 Å². The van der Waals surface area contributed by atoms with Crippen LogP contribution in [0.3, 0.4) is 0 Å². The van der Waals surface area contributed by atoms with Crippen LogP contribution in [-0.2, 0) is 6.54 Å². The van der Waals surface area contributed by atoms with Crippen molar-refractivity contribution in [2.24, 2.45) is 0 Å². The quantitative estimate of drug-likeness (QED) is 0.776. The van der Waals surface area contributed by atoms with E-state index < -0.39 is 5.76 Å². The van der Waals surface area contributed by atoms with Crippen LogP contribution < -0.4 is 20.5 Å². The highest BCUT2D eigenvalue weighted by molar-refractivity contribution is 5.95. The van der Waals surface area contributed by atoms with Crippen molar-refractivity contribution in [3.63, 3.8) is 0 Å². The van der Waals surface area contributed by atoms with Gasteiger partial charge in [-0.25, -0.2) is 4.79 Å². The highest BCUT2D eigenvalue weighted by Crippen LogP contribution is 2.30. The van der Waals surface area contributed by atoms with Gasteiger partial charge in [0.05, 0.1) is 5.52 Å². The van der Waals surface area contributed by atoms with E-state index in [1.54, 1.807) is 24.3 Å². The van der Waals surface area contributed by atoms with Crippen LogP contribution >= 0.6 is 0 Å². The number of oxazole rings is 1. The summed E-state index contributed by atoms with van der Waals surface area (Å²) in [5.41, 5.74) is 1.71. The molecule has 4 rings (SSSR count). The Bertz CT molecular complexity index is 1020. The van der Waals surface area contributed by atoms with Crippen molar-refractivity contribution in [3.8, 4) is 11.5 Å². The van der Waals surface area contributed by atoms with E-state index >= 15 is 0 Å². The molecule has 2 aromatic carbocycles. The number of benzene rings is 2. The molecule has 1 amide bonds. The number of ether oxygens (including phenoxy) is 2. The molecule has 0 radical (unpaired) electrons. The average molecular weight is 354 g/mol. The highest BCUT2D eigenvalue weighted by atomic mass is 16.6. The van der Waals surface area contributed by atoms with E-state index in [2.05, 4.69) is 5.32 Å². The standard InChI is InChI=1S/C19H18N2O5/c1-12(11-21-14-4-2-3-5-15(14)26-19(21)23)20-18(22)13-6-7-16-17(10-13)25-9-8-24-16/h2-7,10,12H,8-9,11H2,1H3,(H,20,22)/t12-/m0/s1. The first-order valence-corrected chi connectivity index (χ1v) is 8.41. The largest absolute Gasteiger partial charge is 0.486 e. The van der Waals surface area contributed by atoms with Crippen molar-refractivity contribution in [2.75, 3.05) is 13.2 Å². The second-order valence-electron chi connectivity index (χ2n) is 6.18. The number of hydrogen-bond acceptors (Lipinski definition) is 5. The van der Waals surface area contributed by atoms with Crippen LogP contribution in [0.5, 0.6) is 11.5 Å². The van der Waals surface area contributed by atoms with E-state index in [4.69, 9.17) is 13.9 Å². The fourth-order valence-corrected chi connectivity index (χ4v) is 3.00. The third-order valence-electron chi connectivity index (χ3n) is 4.21. The molecule has 26 heavy (non-hydrogen) atoms. The molecule has 0 saturated heterocycles. The van der Waals surface area contributed by atoms with E-state index in [0.717, 1.165) is 0 Å². The van der Waals surface area contributed by atoms with E-state index in [1.165, 1.54) is 4.57 Å². The predicted molar refractivity (Wildman–Crippen MR) is 94.8 cm³/mol. The minimum atomic E-state index is -0.438. The Morgan fingerprint density at radius 1 is 1.15 bits per heavy atom. The Morgan fingerprint density at radius 2 is 1.92 bits per heavy atom. The van der Waals surface area contributed by atoms with Crippen molar-refractivity contribution in [2.45, 2.75) is 19.5 Å². The third-order valence-corrected chi connectivity index (χ3v) is 4.21. The zero-order chi connectivity index (χ0) is 18.1. The van der Waals surface area contributed by atoms with Gasteiger partial charge in [-0.15, -0.1) is 0 Å². The minimum absolute atomic E-state index is 0.240. The number of nitrogens with one attached hydrogen (secondary N) is 1. The Morgan fingerprint density at radius 3 is 2.77 bits per heavy atom. The maximum atomic E-state index is 12.5. The molecule has 1 atom stereocenters. The van der Waals surface area contributed by atoms with Gasteiger partial charge in [-0.3, -0.25) is 9.36 Å². The second kappa shape index (κ2) is 6.59. The van der Waals surface area contributed by atoms with E-state index in [0.29, 0.717) is 47.9 Å². The molecule has 1 aliphatic heterocycles. The summed E-state index contributed by atoms with van der Waals surface area (Å²) in [7, 11) is 0. The normalized spacial score (nSPS) is 14.2. The molecule has 7 nitrogen and oxygen atoms in total. The van der Waals surface area contributed by atoms with Gasteiger partial charge in [0.25, 0.3) is 5.91 Å². The predicted octanol–water partition coefficient (Wildman–Crippen LogP) is 2.18. The molecule has 1 aliphatic rings. The Kier molecular flexibility index (Phi) is 4.12. The number of para-hydroxylation sites is 2. The summed E-state index contributed by atoms with van der Waals surface area (Å²) in [4.78, 5) is 24.5. The number of hydrogen-bond donors (Lipinski definition) is 1. The van der Waals surface area contributed by atoms with Crippen LogP contribution in [0.4, 0.5) is 0 Å². The van der Waals surface area contributed by atoms with Gasteiger partial charge in [0.2, 0.25) is 0 Å². The molecule has 1 N–H and O–H groups in total. The van der Waals surface area contributed by atoms with Gasteiger partial charge in [0, 0.05) is 18.2 Å². The number of amides is 1. The summed E-state index contributed by atoms with van der Waals surface area (Å²) in [5.74, 6) is 0.521. The van der Waals surface area contributed by atoms with Gasteiger partial charge in [0.15, 0.2) is 17.1 Å². The molecule has 0 bridgehead atoms. The van der Waals surface area contributed by atoms with Crippen LogP contribution in [0.25, 0.3) is 11.1 Å². The van der Waals surface area contributed by atoms with E-state index in [-0.39, 0.29) is 11.9 Å². The molecule has 1 aromatic heterocycles. The van der Waals surface area contributed by atoms with Gasteiger partial charge in [-0.1, -0.05) is 12.1 Å².